The fraction of sp³-hybridized carbons (Fsp3) is 0.500. The Labute approximate surface area is 119 Å². The summed E-state index contributed by atoms with van der Waals surface area (Å²) in [6, 6.07) is 1.78. The number of nitrogens with zero attached hydrogens (tertiary/aromatic N) is 3. The van der Waals surface area contributed by atoms with Crippen LogP contribution in [0.3, 0.4) is 0 Å². The fourth-order valence-corrected chi connectivity index (χ4v) is 1.97. The number of halogens is 3. The predicted octanol–water partition coefficient (Wildman–Crippen LogP) is 0.774. The zero-order chi connectivity index (χ0) is 15.6. The molecule has 0 radical (unpaired) electrons. The van der Waals surface area contributed by atoms with Crippen molar-refractivity contribution >= 4 is 11.7 Å². The average molecular weight is 303 g/mol. The third kappa shape index (κ3) is 3.82. The van der Waals surface area contributed by atoms with Crippen molar-refractivity contribution in [1.82, 2.24) is 14.9 Å². The lowest BCUT2D eigenvalue weighted by Gasteiger charge is -2.33. The van der Waals surface area contributed by atoms with E-state index in [9.17, 15) is 18.0 Å². The summed E-state index contributed by atoms with van der Waals surface area (Å²) in [4.78, 5) is 16.9. The highest BCUT2D eigenvalue weighted by Gasteiger charge is 2.33. The number of pyridine rings is 1. The molecular weight excluding hydrogens is 287 g/mol. The minimum atomic E-state index is -4.57. The Bertz CT molecular complexity index is 526. The SMILES string of the molecule is CN1CCN(Nc2nc(C(F)(F)F)ccc2C(N)=O)CC1. The fourth-order valence-electron chi connectivity index (χ4n) is 1.97. The van der Waals surface area contributed by atoms with Crippen molar-refractivity contribution in [3.05, 3.63) is 23.4 Å². The molecule has 1 amide bonds. The number of amides is 1. The molecule has 2 rings (SSSR count). The van der Waals surface area contributed by atoms with E-state index < -0.39 is 17.8 Å². The summed E-state index contributed by atoms with van der Waals surface area (Å²) in [7, 11) is 1.95. The summed E-state index contributed by atoms with van der Waals surface area (Å²) < 4.78 is 38.1. The Kier molecular flexibility index (Phi) is 4.33. The largest absolute Gasteiger partial charge is 0.433 e. The number of hydrogen-bond acceptors (Lipinski definition) is 5. The lowest BCUT2D eigenvalue weighted by atomic mass is 10.2. The van der Waals surface area contributed by atoms with Gasteiger partial charge in [0.15, 0.2) is 5.82 Å². The second kappa shape index (κ2) is 5.86. The molecular formula is C12H16F3N5O. The van der Waals surface area contributed by atoms with E-state index in [2.05, 4.69) is 15.3 Å². The normalized spacial score (nSPS) is 17.7. The van der Waals surface area contributed by atoms with Crippen LogP contribution in [0.1, 0.15) is 16.1 Å². The first kappa shape index (κ1) is 15.5. The number of piperazine rings is 1. The van der Waals surface area contributed by atoms with Crippen molar-refractivity contribution < 1.29 is 18.0 Å². The summed E-state index contributed by atoms with van der Waals surface area (Å²) in [5.74, 6) is -0.991. The number of alkyl halides is 3. The summed E-state index contributed by atoms with van der Waals surface area (Å²) in [5, 5.41) is 1.72. The first-order chi connectivity index (χ1) is 9.77. The molecule has 9 heteroatoms. The van der Waals surface area contributed by atoms with Gasteiger partial charge >= 0.3 is 6.18 Å². The van der Waals surface area contributed by atoms with Gasteiger partial charge in [0.05, 0.1) is 5.56 Å². The van der Waals surface area contributed by atoms with Gasteiger partial charge in [-0.05, 0) is 19.2 Å². The number of hydrazine groups is 1. The van der Waals surface area contributed by atoms with Gasteiger partial charge in [-0.25, -0.2) is 9.99 Å². The monoisotopic (exact) mass is 303 g/mol. The number of nitrogens with one attached hydrogen (secondary N) is 1. The second-order valence-corrected chi connectivity index (χ2v) is 4.86. The summed E-state index contributed by atoms with van der Waals surface area (Å²) in [5.41, 5.74) is 6.80. The van der Waals surface area contributed by atoms with Crippen LogP contribution < -0.4 is 11.2 Å². The Morgan fingerprint density at radius 1 is 1.29 bits per heavy atom. The van der Waals surface area contributed by atoms with E-state index in [4.69, 9.17) is 5.73 Å². The van der Waals surface area contributed by atoms with Crippen LogP contribution in [0.25, 0.3) is 0 Å². The summed E-state index contributed by atoms with van der Waals surface area (Å²) in [6.45, 7) is 2.73. The number of primary amides is 1. The quantitative estimate of drug-likeness (QED) is 0.863. The van der Waals surface area contributed by atoms with Gasteiger partial charge in [0.2, 0.25) is 0 Å². The molecule has 0 bridgehead atoms. The minimum Gasteiger partial charge on any atom is -0.365 e. The van der Waals surface area contributed by atoms with Crippen molar-refractivity contribution in [2.45, 2.75) is 6.18 Å². The number of nitrogens with two attached hydrogens (primary N) is 1. The highest BCUT2D eigenvalue weighted by Crippen LogP contribution is 2.29. The molecule has 2 heterocycles. The molecule has 0 aromatic carbocycles. The Morgan fingerprint density at radius 2 is 1.90 bits per heavy atom. The average Bonchev–Trinajstić information content (AvgIpc) is 2.40. The molecule has 116 valence electrons. The maximum absolute atomic E-state index is 12.7. The van der Waals surface area contributed by atoms with E-state index in [1.165, 1.54) is 0 Å². The van der Waals surface area contributed by atoms with Crippen LogP contribution in [-0.4, -0.2) is 54.0 Å². The van der Waals surface area contributed by atoms with Crippen molar-refractivity contribution in [2.24, 2.45) is 5.73 Å². The van der Waals surface area contributed by atoms with Gasteiger partial charge in [0.25, 0.3) is 5.91 Å². The third-order valence-electron chi connectivity index (χ3n) is 3.22. The maximum atomic E-state index is 12.7. The molecule has 1 aromatic rings. The molecule has 1 saturated heterocycles. The van der Waals surface area contributed by atoms with E-state index in [0.717, 1.165) is 25.2 Å². The van der Waals surface area contributed by atoms with E-state index >= 15 is 0 Å². The van der Waals surface area contributed by atoms with E-state index in [0.29, 0.717) is 13.1 Å². The predicted molar refractivity (Wildman–Crippen MR) is 70.4 cm³/mol. The van der Waals surface area contributed by atoms with Gasteiger partial charge in [-0.1, -0.05) is 0 Å². The van der Waals surface area contributed by atoms with Crippen LogP contribution >= 0.6 is 0 Å². The number of aromatic nitrogens is 1. The van der Waals surface area contributed by atoms with Gasteiger partial charge in [0.1, 0.15) is 5.69 Å². The van der Waals surface area contributed by atoms with Crippen LogP contribution in [0, 0.1) is 0 Å². The lowest BCUT2D eigenvalue weighted by molar-refractivity contribution is -0.141. The highest BCUT2D eigenvalue weighted by molar-refractivity contribution is 5.97. The molecule has 0 spiro atoms. The Morgan fingerprint density at radius 3 is 2.43 bits per heavy atom. The minimum absolute atomic E-state index is 0.0677. The third-order valence-corrected chi connectivity index (χ3v) is 3.22. The molecule has 21 heavy (non-hydrogen) atoms. The smallest absolute Gasteiger partial charge is 0.365 e. The number of rotatable bonds is 3. The van der Waals surface area contributed by atoms with Gasteiger partial charge in [0, 0.05) is 26.2 Å². The van der Waals surface area contributed by atoms with Crippen LogP contribution in [0.4, 0.5) is 19.0 Å². The van der Waals surface area contributed by atoms with Crippen molar-refractivity contribution in [1.29, 1.82) is 0 Å². The lowest BCUT2D eigenvalue weighted by Crippen LogP contribution is -2.47. The second-order valence-electron chi connectivity index (χ2n) is 4.86. The van der Waals surface area contributed by atoms with Crippen molar-refractivity contribution in [3.63, 3.8) is 0 Å². The summed E-state index contributed by atoms with van der Waals surface area (Å²) >= 11 is 0. The van der Waals surface area contributed by atoms with Crippen molar-refractivity contribution in [2.75, 3.05) is 38.7 Å². The van der Waals surface area contributed by atoms with E-state index in [-0.39, 0.29) is 11.4 Å². The highest BCUT2D eigenvalue weighted by atomic mass is 19.4. The summed E-state index contributed by atoms with van der Waals surface area (Å²) in [6.07, 6.45) is -4.57. The molecule has 3 N–H and O–H groups in total. The number of hydrogen-bond donors (Lipinski definition) is 2. The molecule has 1 fully saturated rings. The zero-order valence-electron chi connectivity index (χ0n) is 11.4. The van der Waals surface area contributed by atoms with Crippen LogP contribution in [-0.2, 0) is 6.18 Å². The number of carbonyl (C=O) groups is 1. The molecule has 1 aliphatic heterocycles. The topological polar surface area (TPSA) is 74.5 Å². The standard InChI is InChI=1S/C12H16F3N5O/c1-19-4-6-20(7-5-19)18-11-8(10(16)21)2-3-9(17-11)12(13,14)15/h2-3H,4-7H2,1H3,(H2,16,21)(H,17,18). The Balaban J connectivity index is 2.24. The molecule has 1 aliphatic rings. The Hall–Kier alpha value is -1.87. The zero-order valence-corrected chi connectivity index (χ0v) is 11.4. The van der Waals surface area contributed by atoms with Gasteiger partial charge in [-0.3, -0.25) is 4.79 Å². The number of anilines is 1. The number of carbonyl (C=O) groups excluding carboxylic acids is 1. The van der Waals surface area contributed by atoms with Crippen LogP contribution in [0.5, 0.6) is 0 Å². The molecule has 0 unspecified atom stereocenters. The van der Waals surface area contributed by atoms with Gasteiger partial charge in [-0.15, -0.1) is 0 Å². The van der Waals surface area contributed by atoms with Crippen LogP contribution in [0.2, 0.25) is 0 Å². The molecule has 1 aromatic heterocycles. The first-order valence-corrected chi connectivity index (χ1v) is 6.35. The van der Waals surface area contributed by atoms with E-state index in [1.807, 2.05) is 7.05 Å². The molecule has 6 nitrogen and oxygen atoms in total. The van der Waals surface area contributed by atoms with Crippen molar-refractivity contribution in [3.8, 4) is 0 Å². The number of likely N-dealkylation sites (N-methyl/N-ethyl adjacent to an activating group) is 1. The molecule has 0 atom stereocenters. The van der Waals surface area contributed by atoms with E-state index in [1.54, 1.807) is 5.01 Å². The maximum Gasteiger partial charge on any atom is 0.433 e. The van der Waals surface area contributed by atoms with Gasteiger partial charge < -0.3 is 16.1 Å². The first-order valence-electron chi connectivity index (χ1n) is 6.35. The van der Waals surface area contributed by atoms with Gasteiger partial charge in [-0.2, -0.15) is 13.2 Å². The molecule has 0 aliphatic carbocycles. The molecule has 0 saturated carbocycles. The van der Waals surface area contributed by atoms with Crippen LogP contribution in [0.15, 0.2) is 12.1 Å².